The summed E-state index contributed by atoms with van der Waals surface area (Å²) in [4.78, 5) is 24.1. The first kappa shape index (κ1) is 15.1. The summed E-state index contributed by atoms with van der Waals surface area (Å²) in [6.07, 6.45) is 7.13. The van der Waals surface area contributed by atoms with Gasteiger partial charge in [0.25, 0.3) is 0 Å². The number of imidazole rings is 1. The number of carbonyl (C=O) groups excluding carboxylic acids is 1. The van der Waals surface area contributed by atoms with Gasteiger partial charge in [-0.25, -0.2) is 9.97 Å². The summed E-state index contributed by atoms with van der Waals surface area (Å²) in [5.74, 6) is 0.642. The molecule has 6 heteroatoms. The fraction of sp³-hybridized carbons (Fsp3) is 0.250. The van der Waals surface area contributed by atoms with Gasteiger partial charge in [0.15, 0.2) is 5.65 Å². The standard InChI is InChI=1S/C20H18N4O2/c25-19(22-10-18-23-16-5-2-6-21-20(16)24-18)9-14-11-26-17-8-13-4-1-3-12(13)7-15(14)17/h2,5-8,11H,1,3-4,9-10H2,(H,22,25)(H,21,23,24). The molecule has 3 aromatic heterocycles. The molecule has 5 rings (SSSR count). The Morgan fingerprint density at radius 3 is 3.04 bits per heavy atom. The highest BCUT2D eigenvalue weighted by Crippen LogP contribution is 2.30. The summed E-state index contributed by atoms with van der Waals surface area (Å²) in [7, 11) is 0. The number of hydrogen-bond acceptors (Lipinski definition) is 4. The number of H-pyrrole nitrogens is 1. The lowest BCUT2D eigenvalue weighted by Crippen LogP contribution is -2.25. The monoisotopic (exact) mass is 346 g/mol. The number of amides is 1. The summed E-state index contributed by atoms with van der Waals surface area (Å²) < 4.78 is 5.67. The van der Waals surface area contributed by atoms with Crippen LogP contribution in [0.3, 0.4) is 0 Å². The van der Waals surface area contributed by atoms with Gasteiger partial charge < -0.3 is 14.7 Å². The predicted molar refractivity (Wildman–Crippen MR) is 97.7 cm³/mol. The molecular weight excluding hydrogens is 328 g/mol. The third-order valence-corrected chi connectivity index (χ3v) is 4.98. The first-order chi connectivity index (χ1) is 12.8. The Bertz CT molecular complexity index is 1090. The largest absolute Gasteiger partial charge is 0.464 e. The Balaban J connectivity index is 1.30. The zero-order valence-electron chi connectivity index (χ0n) is 14.2. The van der Waals surface area contributed by atoms with Crippen LogP contribution in [0.4, 0.5) is 0 Å². The van der Waals surface area contributed by atoms with Crippen LogP contribution in [0.25, 0.3) is 22.1 Å². The van der Waals surface area contributed by atoms with Gasteiger partial charge in [0, 0.05) is 17.1 Å². The van der Waals surface area contributed by atoms with Crippen molar-refractivity contribution in [1.29, 1.82) is 0 Å². The Kier molecular flexibility index (Phi) is 3.48. The van der Waals surface area contributed by atoms with E-state index in [0.717, 1.165) is 34.9 Å². The van der Waals surface area contributed by atoms with Crippen molar-refractivity contribution in [3.8, 4) is 0 Å². The lowest BCUT2D eigenvalue weighted by Gasteiger charge is -2.03. The zero-order valence-corrected chi connectivity index (χ0v) is 14.2. The van der Waals surface area contributed by atoms with Crippen LogP contribution in [0.2, 0.25) is 0 Å². The van der Waals surface area contributed by atoms with Gasteiger partial charge in [0.1, 0.15) is 11.4 Å². The molecule has 0 unspecified atom stereocenters. The first-order valence-corrected chi connectivity index (χ1v) is 8.84. The van der Waals surface area contributed by atoms with Gasteiger partial charge in [-0.05, 0) is 54.7 Å². The Hall–Kier alpha value is -3.15. The van der Waals surface area contributed by atoms with E-state index in [0.29, 0.717) is 24.4 Å². The quantitative estimate of drug-likeness (QED) is 0.595. The molecule has 1 aromatic carbocycles. The second kappa shape index (κ2) is 5.98. The highest BCUT2D eigenvalue weighted by molar-refractivity contribution is 5.88. The number of nitrogens with one attached hydrogen (secondary N) is 2. The van der Waals surface area contributed by atoms with Crippen LogP contribution in [0.1, 0.15) is 28.9 Å². The van der Waals surface area contributed by atoms with E-state index in [2.05, 4.69) is 32.4 Å². The second-order valence-corrected chi connectivity index (χ2v) is 6.74. The van der Waals surface area contributed by atoms with Gasteiger partial charge >= 0.3 is 0 Å². The van der Waals surface area contributed by atoms with E-state index in [9.17, 15) is 4.79 Å². The van der Waals surface area contributed by atoms with Gasteiger partial charge in [-0.1, -0.05) is 0 Å². The normalized spacial score (nSPS) is 13.4. The fourth-order valence-electron chi connectivity index (χ4n) is 3.68. The second-order valence-electron chi connectivity index (χ2n) is 6.74. The van der Waals surface area contributed by atoms with E-state index in [1.54, 1.807) is 12.5 Å². The number of hydrogen-bond donors (Lipinski definition) is 2. The number of nitrogens with zero attached hydrogens (tertiary/aromatic N) is 2. The molecule has 1 aliphatic rings. The summed E-state index contributed by atoms with van der Waals surface area (Å²) in [5.41, 5.74) is 6.09. The third-order valence-electron chi connectivity index (χ3n) is 4.98. The number of furan rings is 1. The molecule has 0 saturated heterocycles. The van der Waals surface area contributed by atoms with E-state index in [4.69, 9.17) is 4.42 Å². The highest BCUT2D eigenvalue weighted by Gasteiger charge is 2.16. The van der Waals surface area contributed by atoms with Crippen molar-refractivity contribution in [3.05, 3.63) is 59.2 Å². The molecule has 130 valence electrons. The van der Waals surface area contributed by atoms with Crippen molar-refractivity contribution in [2.75, 3.05) is 0 Å². The summed E-state index contributed by atoms with van der Waals surface area (Å²) in [6, 6.07) is 8.08. The van der Waals surface area contributed by atoms with Crippen molar-refractivity contribution in [1.82, 2.24) is 20.3 Å². The maximum absolute atomic E-state index is 12.4. The molecule has 0 radical (unpaired) electrons. The van der Waals surface area contributed by atoms with Gasteiger partial charge in [0.05, 0.1) is 24.7 Å². The number of aromatic amines is 1. The van der Waals surface area contributed by atoms with Crippen molar-refractivity contribution >= 4 is 28.0 Å². The molecule has 0 saturated carbocycles. The molecule has 1 amide bonds. The van der Waals surface area contributed by atoms with Crippen LogP contribution in [-0.2, 0) is 30.6 Å². The number of aryl methyl sites for hydroxylation is 2. The van der Waals surface area contributed by atoms with Crippen molar-refractivity contribution in [2.24, 2.45) is 0 Å². The third kappa shape index (κ3) is 2.63. The number of aromatic nitrogens is 3. The first-order valence-electron chi connectivity index (χ1n) is 8.84. The average Bonchev–Trinajstić information content (AvgIpc) is 3.36. The van der Waals surface area contributed by atoms with Crippen LogP contribution in [0, 0.1) is 0 Å². The molecule has 0 atom stereocenters. The van der Waals surface area contributed by atoms with Crippen molar-refractivity contribution in [3.63, 3.8) is 0 Å². The molecule has 0 spiro atoms. The highest BCUT2D eigenvalue weighted by atomic mass is 16.3. The number of rotatable bonds is 4. The lowest BCUT2D eigenvalue weighted by molar-refractivity contribution is -0.120. The van der Waals surface area contributed by atoms with Crippen LogP contribution < -0.4 is 5.32 Å². The van der Waals surface area contributed by atoms with E-state index in [1.807, 2.05) is 12.1 Å². The molecule has 0 bridgehead atoms. The topological polar surface area (TPSA) is 83.8 Å². The minimum Gasteiger partial charge on any atom is -0.464 e. The molecule has 0 aliphatic heterocycles. The van der Waals surface area contributed by atoms with E-state index < -0.39 is 0 Å². The number of pyridine rings is 1. The van der Waals surface area contributed by atoms with Crippen LogP contribution in [0.15, 0.2) is 41.1 Å². The Labute approximate surface area is 149 Å². The van der Waals surface area contributed by atoms with E-state index >= 15 is 0 Å². The van der Waals surface area contributed by atoms with Gasteiger partial charge in [-0.2, -0.15) is 0 Å². The fourth-order valence-corrected chi connectivity index (χ4v) is 3.68. The number of carbonyl (C=O) groups is 1. The van der Waals surface area contributed by atoms with Crippen LogP contribution >= 0.6 is 0 Å². The minimum absolute atomic E-state index is 0.0541. The van der Waals surface area contributed by atoms with Crippen LogP contribution in [0.5, 0.6) is 0 Å². The summed E-state index contributed by atoms with van der Waals surface area (Å²) >= 11 is 0. The molecule has 1 aliphatic carbocycles. The Morgan fingerprint density at radius 2 is 2.15 bits per heavy atom. The number of fused-ring (bicyclic) bond motifs is 3. The molecule has 6 nitrogen and oxygen atoms in total. The van der Waals surface area contributed by atoms with Gasteiger partial charge in [0.2, 0.25) is 5.91 Å². The van der Waals surface area contributed by atoms with Gasteiger partial charge in [-0.15, -0.1) is 0 Å². The predicted octanol–water partition coefficient (Wildman–Crippen LogP) is 3.05. The molecule has 4 aromatic rings. The maximum Gasteiger partial charge on any atom is 0.224 e. The molecular formula is C20H18N4O2. The average molecular weight is 346 g/mol. The van der Waals surface area contributed by atoms with E-state index in [1.165, 1.54) is 17.5 Å². The van der Waals surface area contributed by atoms with Gasteiger partial charge in [-0.3, -0.25) is 4.79 Å². The van der Waals surface area contributed by atoms with Crippen LogP contribution in [-0.4, -0.2) is 20.9 Å². The van der Waals surface area contributed by atoms with E-state index in [-0.39, 0.29) is 5.91 Å². The summed E-state index contributed by atoms with van der Waals surface area (Å²) in [6.45, 7) is 0.348. The molecule has 0 fully saturated rings. The van der Waals surface area contributed by atoms with Crippen molar-refractivity contribution < 1.29 is 9.21 Å². The molecule has 26 heavy (non-hydrogen) atoms. The number of benzene rings is 1. The smallest absolute Gasteiger partial charge is 0.224 e. The SMILES string of the molecule is O=C(Cc1coc2cc3c(cc12)CCC3)NCc1nc2ncccc2[nH]1. The summed E-state index contributed by atoms with van der Waals surface area (Å²) in [5, 5.41) is 3.96. The van der Waals surface area contributed by atoms with Crippen molar-refractivity contribution in [2.45, 2.75) is 32.2 Å². The molecule has 2 N–H and O–H groups in total. The minimum atomic E-state index is -0.0541. The molecule has 3 heterocycles. The zero-order chi connectivity index (χ0) is 17.5. The Morgan fingerprint density at radius 1 is 1.27 bits per heavy atom. The maximum atomic E-state index is 12.4. The lowest BCUT2D eigenvalue weighted by atomic mass is 10.0.